The van der Waals surface area contributed by atoms with Crippen LogP contribution in [-0.4, -0.2) is 33.3 Å². The summed E-state index contributed by atoms with van der Waals surface area (Å²) in [6, 6.07) is 9.64. The fourth-order valence-electron chi connectivity index (χ4n) is 3.05. The number of alkyl halides is 3. The number of hydrogen-bond acceptors (Lipinski definition) is 4. The SMILES string of the molecule is Cc1oncc1-c1ccn2c(-c3cccc(NC(=O)NCC(F)(F)F)c3)cnc2c1. The van der Waals surface area contributed by atoms with Gasteiger partial charge in [-0.3, -0.25) is 4.40 Å². The van der Waals surface area contributed by atoms with Gasteiger partial charge in [-0.1, -0.05) is 17.3 Å². The summed E-state index contributed by atoms with van der Waals surface area (Å²) < 4.78 is 43.7. The average molecular weight is 415 g/mol. The Morgan fingerprint density at radius 3 is 2.73 bits per heavy atom. The van der Waals surface area contributed by atoms with E-state index in [0.29, 0.717) is 17.1 Å². The van der Waals surface area contributed by atoms with Crippen molar-refractivity contribution in [1.82, 2.24) is 19.9 Å². The standard InChI is InChI=1S/C20H16F3N5O2/c1-12-16(9-26-30-12)13-5-6-28-17(10-24-18(28)8-13)14-3-2-4-15(7-14)27-19(29)25-11-20(21,22)23/h2-10H,11H2,1H3,(H2,25,27,29). The van der Waals surface area contributed by atoms with E-state index in [0.717, 1.165) is 22.4 Å². The maximum Gasteiger partial charge on any atom is 0.405 e. The van der Waals surface area contributed by atoms with Crippen LogP contribution >= 0.6 is 0 Å². The highest BCUT2D eigenvalue weighted by atomic mass is 19.4. The van der Waals surface area contributed by atoms with Gasteiger partial charge in [-0.25, -0.2) is 9.78 Å². The molecule has 3 heterocycles. The molecule has 10 heteroatoms. The zero-order chi connectivity index (χ0) is 21.3. The molecule has 0 bridgehead atoms. The van der Waals surface area contributed by atoms with Gasteiger partial charge < -0.3 is 15.2 Å². The minimum atomic E-state index is -4.47. The van der Waals surface area contributed by atoms with Crippen molar-refractivity contribution in [3.05, 3.63) is 60.7 Å². The summed E-state index contributed by atoms with van der Waals surface area (Å²) in [6.45, 7) is 0.423. The van der Waals surface area contributed by atoms with Gasteiger partial charge in [0.05, 0.1) is 18.1 Å². The summed E-state index contributed by atoms with van der Waals surface area (Å²) in [5, 5.41) is 7.96. The maximum absolute atomic E-state index is 12.2. The Hall–Kier alpha value is -3.82. The number of urea groups is 1. The molecule has 0 aliphatic heterocycles. The van der Waals surface area contributed by atoms with Crippen LogP contribution in [0.2, 0.25) is 0 Å². The van der Waals surface area contributed by atoms with E-state index in [1.165, 1.54) is 0 Å². The Morgan fingerprint density at radius 2 is 2.00 bits per heavy atom. The van der Waals surface area contributed by atoms with E-state index in [4.69, 9.17) is 4.52 Å². The van der Waals surface area contributed by atoms with Crippen molar-refractivity contribution in [2.75, 3.05) is 11.9 Å². The van der Waals surface area contributed by atoms with Crippen molar-refractivity contribution in [3.63, 3.8) is 0 Å². The van der Waals surface area contributed by atoms with Crippen LogP contribution in [0.15, 0.2) is 59.5 Å². The molecule has 2 amide bonds. The number of aryl methyl sites for hydroxylation is 1. The number of amides is 2. The number of benzene rings is 1. The first-order chi connectivity index (χ1) is 14.3. The van der Waals surface area contributed by atoms with Crippen LogP contribution in [0.25, 0.3) is 28.0 Å². The van der Waals surface area contributed by atoms with Crippen molar-refractivity contribution in [1.29, 1.82) is 0 Å². The molecule has 4 rings (SSSR count). The van der Waals surface area contributed by atoms with Crippen LogP contribution in [0.3, 0.4) is 0 Å². The molecule has 0 saturated carbocycles. The highest BCUT2D eigenvalue weighted by Gasteiger charge is 2.27. The van der Waals surface area contributed by atoms with Crippen LogP contribution in [0.5, 0.6) is 0 Å². The molecule has 0 fully saturated rings. The highest BCUT2D eigenvalue weighted by molar-refractivity contribution is 5.90. The summed E-state index contributed by atoms with van der Waals surface area (Å²) in [7, 11) is 0. The number of anilines is 1. The number of aromatic nitrogens is 3. The normalized spacial score (nSPS) is 11.6. The quantitative estimate of drug-likeness (QED) is 0.508. The lowest BCUT2D eigenvalue weighted by Gasteiger charge is -2.11. The second-order valence-electron chi connectivity index (χ2n) is 6.59. The molecule has 0 atom stereocenters. The summed E-state index contributed by atoms with van der Waals surface area (Å²) in [4.78, 5) is 16.1. The third-order valence-corrected chi connectivity index (χ3v) is 4.44. The number of halogens is 3. The molecule has 7 nitrogen and oxygen atoms in total. The minimum absolute atomic E-state index is 0.360. The zero-order valence-corrected chi connectivity index (χ0v) is 15.7. The topological polar surface area (TPSA) is 84.5 Å². The maximum atomic E-state index is 12.2. The number of rotatable bonds is 4. The van der Waals surface area contributed by atoms with Crippen LogP contribution in [0, 0.1) is 6.92 Å². The third kappa shape index (κ3) is 4.12. The summed E-state index contributed by atoms with van der Waals surface area (Å²) >= 11 is 0. The number of fused-ring (bicyclic) bond motifs is 1. The van der Waals surface area contributed by atoms with Gasteiger partial charge in [-0.05, 0) is 36.8 Å². The largest absolute Gasteiger partial charge is 0.405 e. The molecular formula is C20H16F3N5O2. The molecule has 0 unspecified atom stereocenters. The number of pyridine rings is 1. The van der Waals surface area contributed by atoms with Crippen LogP contribution in [0.4, 0.5) is 23.7 Å². The van der Waals surface area contributed by atoms with Crippen LogP contribution in [-0.2, 0) is 0 Å². The molecule has 1 aromatic carbocycles. The molecule has 4 aromatic rings. The predicted molar refractivity (Wildman–Crippen MR) is 104 cm³/mol. The van der Waals surface area contributed by atoms with E-state index in [1.54, 1.807) is 35.9 Å². The molecule has 3 aromatic heterocycles. The van der Waals surface area contributed by atoms with Gasteiger partial charge in [0.25, 0.3) is 0 Å². The van der Waals surface area contributed by atoms with E-state index in [2.05, 4.69) is 15.5 Å². The monoisotopic (exact) mass is 415 g/mol. The van der Waals surface area contributed by atoms with E-state index in [9.17, 15) is 18.0 Å². The van der Waals surface area contributed by atoms with Gasteiger partial charge in [-0.2, -0.15) is 13.2 Å². The number of hydrogen-bond donors (Lipinski definition) is 2. The molecular weight excluding hydrogens is 399 g/mol. The fraction of sp³-hybridized carbons (Fsp3) is 0.150. The lowest BCUT2D eigenvalue weighted by molar-refractivity contribution is -0.122. The Labute approximate surface area is 168 Å². The number of carbonyl (C=O) groups is 1. The van der Waals surface area contributed by atoms with Crippen LogP contribution in [0.1, 0.15) is 5.76 Å². The lowest BCUT2D eigenvalue weighted by Crippen LogP contribution is -2.36. The third-order valence-electron chi connectivity index (χ3n) is 4.44. The first-order valence-electron chi connectivity index (χ1n) is 8.91. The predicted octanol–water partition coefficient (Wildman–Crippen LogP) is 4.65. The highest BCUT2D eigenvalue weighted by Crippen LogP contribution is 2.28. The van der Waals surface area contributed by atoms with Gasteiger partial charge in [0.1, 0.15) is 18.0 Å². The van der Waals surface area contributed by atoms with Crippen molar-refractivity contribution < 1.29 is 22.5 Å². The number of imidazole rings is 1. The Kier molecular flexibility index (Phi) is 4.90. The second-order valence-corrected chi connectivity index (χ2v) is 6.59. The van der Waals surface area contributed by atoms with Crippen molar-refractivity contribution in [2.24, 2.45) is 0 Å². The van der Waals surface area contributed by atoms with Crippen molar-refractivity contribution in [3.8, 4) is 22.4 Å². The number of nitrogens with one attached hydrogen (secondary N) is 2. The first kappa shape index (κ1) is 19.5. The summed E-state index contributed by atoms with van der Waals surface area (Å²) in [5.41, 5.74) is 4.35. The Balaban J connectivity index is 1.58. The van der Waals surface area contributed by atoms with Gasteiger partial charge in [0, 0.05) is 23.0 Å². The van der Waals surface area contributed by atoms with Gasteiger partial charge >= 0.3 is 12.2 Å². The molecule has 154 valence electrons. The van der Waals surface area contributed by atoms with Crippen LogP contribution < -0.4 is 10.6 Å². The van der Waals surface area contributed by atoms with Crippen molar-refractivity contribution >= 4 is 17.4 Å². The molecule has 30 heavy (non-hydrogen) atoms. The molecule has 0 saturated heterocycles. The second kappa shape index (κ2) is 7.54. The molecule has 0 radical (unpaired) electrons. The Bertz CT molecular complexity index is 1210. The molecule has 2 N–H and O–H groups in total. The summed E-state index contributed by atoms with van der Waals surface area (Å²) in [5.74, 6) is 0.703. The number of carbonyl (C=O) groups excluding carboxylic acids is 1. The molecule has 0 spiro atoms. The fourth-order valence-corrected chi connectivity index (χ4v) is 3.05. The van der Waals surface area contributed by atoms with Gasteiger partial charge in [-0.15, -0.1) is 0 Å². The molecule has 0 aliphatic carbocycles. The van der Waals surface area contributed by atoms with E-state index in [-0.39, 0.29) is 0 Å². The average Bonchev–Trinajstić information content (AvgIpc) is 3.31. The first-order valence-corrected chi connectivity index (χ1v) is 8.91. The smallest absolute Gasteiger partial charge is 0.361 e. The summed E-state index contributed by atoms with van der Waals surface area (Å²) in [6.07, 6.45) is 0.710. The van der Waals surface area contributed by atoms with E-state index < -0.39 is 18.8 Å². The van der Waals surface area contributed by atoms with Crippen molar-refractivity contribution in [2.45, 2.75) is 13.1 Å². The zero-order valence-electron chi connectivity index (χ0n) is 15.7. The molecule has 0 aliphatic rings. The van der Waals surface area contributed by atoms with E-state index >= 15 is 0 Å². The number of nitrogens with zero attached hydrogens (tertiary/aromatic N) is 3. The minimum Gasteiger partial charge on any atom is -0.361 e. The van der Waals surface area contributed by atoms with E-state index in [1.807, 2.05) is 35.7 Å². The lowest BCUT2D eigenvalue weighted by atomic mass is 10.1. The van der Waals surface area contributed by atoms with Gasteiger partial charge in [0.15, 0.2) is 0 Å². The Morgan fingerprint density at radius 1 is 1.17 bits per heavy atom. The van der Waals surface area contributed by atoms with Gasteiger partial charge in [0.2, 0.25) is 0 Å².